The minimum atomic E-state index is -0.461. The molecule has 0 aliphatic rings. The molecular weight excluding hydrogens is 517 g/mol. The van der Waals surface area contributed by atoms with Crippen molar-refractivity contribution in [3.05, 3.63) is 95.4 Å². The Kier molecular flexibility index (Phi) is 7.55. The molecule has 0 atom stereocenters. The maximum Gasteiger partial charge on any atom is 0.269 e. The van der Waals surface area contributed by atoms with Gasteiger partial charge in [0.2, 0.25) is 0 Å². The van der Waals surface area contributed by atoms with Gasteiger partial charge < -0.3 is 4.74 Å². The maximum absolute atomic E-state index is 10.7. The van der Waals surface area contributed by atoms with Crippen LogP contribution in [-0.2, 0) is 6.61 Å². The molecule has 0 bridgehead atoms. The highest BCUT2D eigenvalue weighted by Crippen LogP contribution is 2.35. The van der Waals surface area contributed by atoms with E-state index in [1.54, 1.807) is 48.7 Å². The van der Waals surface area contributed by atoms with E-state index < -0.39 is 4.92 Å². The number of hydrazone groups is 1. The fourth-order valence-corrected chi connectivity index (χ4v) is 3.87. The molecule has 3 aromatic carbocycles. The van der Waals surface area contributed by atoms with Crippen molar-refractivity contribution in [2.45, 2.75) is 6.61 Å². The Bertz CT molecular complexity index is 1090. The number of nitro benzene ring substituents is 1. The van der Waals surface area contributed by atoms with Crippen molar-refractivity contribution in [2.75, 3.05) is 5.43 Å². The third-order valence-electron chi connectivity index (χ3n) is 3.89. The van der Waals surface area contributed by atoms with Gasteiger partial charge in [0.05, 0.1) is 26.3 Å². The predicted molar refractivity (Wildman–Crippen MR) is 124 cm³/mol. The van der Waals surface area contributed by atoms with E-state index >= 15 is 0 Å². The van der Waals surface area contributed by atoms with Crippen LogP contribution >= 0.6 is 50.7 Å². The van der Waals surface area contributed by atoms with Crippen LogP contribution in [0.3, 0.4) is 0 Å². The van der Waals surface area contributed by atoms with Gasteiger partial charge in [-0.25, -0.2) is 0 Å². The normalized spacial score (nSPS) is 10.9. The quantitative estimate of drug-likeness (QED) is 0.197. The van der Waals surface area contributed by atoms with Crippen LogP contribution in [0.5, 0.6) is 5.75 Å². The first-order valence-corrected chi connectivity index (χ1v) is 10.4. The Morgan fingerprint density at radius 3 is 2.43 bits per heavy atom. The summed E-state index contributed by atoms with van der Waals surface area (Å²) in [6.07, 6.45) is 1.57. The lowest BCUT2D eigenvalue weighted by Crippen LogP contribution is -1.99. The van der Waals surface area contributed by atoms with E-state index in [4.69, 9.17) is 39.5 Å². The summed E-state index contributed by atoms with van der Waals surface area (Å²) in [5.74, 6) is 0.475. The second-order valence-corrected chi connectivity index (χ2v) is 8.12. The summed E-state index contributed by atoms with van der Waals surface area (Å²) in [6, 6.07) is 14.6. The summed E-state index contributed by atoms with van der Waals surface area (Å²) in [5.41, 5.74) is 4.92. The van der Waals surface area contributed by atoms with Crippen LogP contribution in [0.15, 0.2) is 64.2 Å². The average Bonchev–Trinajstić information content (AvgIpc) is 2.69. The average molecular weight is 530 g/mol. The van der Waals surface area contributed by atoms with Gasteiger partial charge in [-0.3, -0.25) is 15.5 Å². The van der Waals surface area contributed by atoms with E-state index in [0.29, 0.717) is 31.0 Å². The highest BCUT2D eigenvalue weighted by Gasteiger charge is 2.11. The Morgan fingerprint density at radius 2 is 1.80 bits per heavy atom. The lowest BCUT2D eigenvalue weighted by molar-refractivity contribution is -0.384. The predicted octanol–water partition coefficient (Wildman–Crippen LogP) is 7.34. The second kappa shape index (κ2) is 10.1. The number of nitrogens with zero attached hydrogens (tertiary/aromatic N) is 2. The van der Waals surface area contributed by atoms with Gasteiger partial charge in [0, 0.05) is 27.7 Å². The molecule has 3 rings (SSSR count). The number of ether oxygens (including phenoxy) is 1. The van der Waals surface area contributed by atoms with Gasteiger partial charge >= 0.3 is 0 Å². The SMILES string of the molecule is O=[N+]([O-])c1ccc(N/N=C/c2cc(Cl)c(OCc3ccc(Cl)cc3Cl)c(Br)c2)cc1. The van der Waals surface area contributed by atoms with Crippen LogP contribution in [0, 0.1) is 10.1 Å². The molecule has 0 unspecified atom stereocenters. The molecule has 0 heterocycles. The second-order valence-electron chi connectivity index (χ2n) is 6.01. The summed E-state index contributed by atoms with van der Waals surface area (Å²) < 4.78 is 6.46. The van der Waals surface area contributed by atoms with Crippen LogP contribution in [-0.4, -0.2) is 11.1 Å². The van der Waals surface area contributed by atoms with E-state index in [2.05, 4.69) is 26.5 Å². The number of nitro groups is 1. The highest BCUT2D eigenvalue weighted by atomic mass is 79.9. The molecule has 0 aliphatic carbocycles. The van der Waals surface area contributed by atoms with Crippen LogP contribution in [0.25, 0.3) is 0 Å². The van der Waals surface area contributed by atoms with Crippen LogP contribution < -0.4 is 10.2 Å². The smallest absolute Gasteiger partial charge is 0.269 e. The molecule has 0 radical (unpaired) electrons. The molecule has 154 valence electrons. The number of halogens is 4. The lowest BCUT2D eigenvalue weighted by Gasteiger charge is -2.12. The molecule has 0 saturated carbocycles. The van der Waals surface area contributed by atoms with Gasteiger partial charge in [-0.15, -0.1) is 0 Å². The fraction of sp³-hybridized carbons (Fsp3) is 0.0500. The monoisotopic (exact) mass is 527 g/mol. The first kappa shape index (κ1) is 22.4. The third kappa shape index (κ3) is 5.86. The van der Waals surface area contributed by atoms with Gasteiger partial charge in [-0.05, 0) is 57.9 Å². The van der Waals surface area contributed by atoms with Crippen molar-refractivity contribution in [3.8, 4) is 5.75 Å². The van der Waals surface area contributed by atoms with Crippen molar-refractivity contribution >= 4 is 68.3 Å². The Balaban J connectivity index is 1.66. The molecule has 10 heteroatoms. The molecule has 30 heavy (non-hydrogen) atoms. The minimum Gasteiger partial charge on any atom is -0.486 e. The summed E-state index contributed by atoms with van der Waals surface area (Å²) in [6.45, 7) is 0.226. The molecular formula is C20H13BrCl3N3O3. The van der Waals surface area contributed by atoms with Crippen molar-refractivity contribution in [3.63, 3.8) is 0 Å². The summed E-state index contributed by atoms with van der Waals surface area (Å²) in [5, 5.41) is 16.2. The van der Waals surface area contributed by atoms with Gasteiger partial charge in [0.1, 0.15) is 6.61 Å². The zero-order valence-corrected chi connectivity index (χ0v) is 19.0. The molecule has 1 N–H and O–H groups in total. The number of nitrogens with one attached hydrogen (secondary N) is 1. The number of non-ortho nitro benzene ring substituents is 1. The number of hydrogen-bond donors (Lipinski definition) is 1. The van der Waals surface area contributed by atoms with Gasteiger partial charge in [0.15, 0.2) is 5.75 Å². The number of benzene rings is 3. The number of hydrogen-bond acceptors (Lipinski definition) is 5. The molecule has 0 aliphatic heterocycles. The largest absolute Gasteiger partial charge is 0.486 e. The molecule has 0 fully saturated rings. The van der Waals surface area contributed by atoms with Crippen LogP contribution in [0.2, 0.25) is 15.1 Å². The molecule has 6 nitrogen and oxygen atoms in total. The number of anilines is 1. The maximum atomic E-state index is 10.7. The Hall–Kier alpha value is -2.32. The molecule has 0 amide bonds. The summed E-state index contributed by atoms with van der Waals surface area (Å²) in [4.78, 5) is 10.2. The minimum absolute atomic E-state index is 0.00992. The summed E-state index contributed by atoms with van der Waals surface area (Å²) >= 11 is 21.9. The van der Waals surface area contributed by atoms with Crippen LogP contribution in [0.4, 0.5) is 11.4 Å². The van der Waals surface area contributed by atoms with E-state index in [1.165, 1.54) is 12.1 Å². The van der Waals surface area contributed by atoms with Crippen molar-refractivity contribution < 1.29 is 9.66 Å². The highest BCUT2D eigenvalue weighted by molar-refractivity contribution is 9.10. The van der Waals surface area contributed by atoms with E-state index in [1.807, 2.05) is 0 Å². The van der Waals surface area contributed by atoms with E-state index in [0.717, 1.165) is 11.1 Å². The first-order chi connectivity index (χ1) is 14.3. The summed E-state index contributed by atoms with van der Waals surface area (Å²) in [7, 11) is 0. The lowest BCUT2D eigenvalue weighted by atomic mass is 10.2. The van der Waals surface area contributed by atoms with E-state index in [-0.39, 0.29) is 12.3 Å². The molecule has 0 aromatic heterocycles. The first-order valence-electron chi connectivity index (χ1n) is 8.43. The van der Waals surface area contributed by atoms with Gasteiger partial charge in [0.25, 0.3) is 5.69 Å². The van der Waals surface area contributed by atoms with Crippen molar-refractivity contribution in [2.24, 2.45) is 5.10 Å². The van der Waals surface area contributed by atoms with Gasteiger partial charge in [-0.2, -0.15) is 5.10 Å². The zero-order chi connectivity index (χ0) is 21.7. The third-order valence-corrected chi connectivity index (χ3v) is 5.35. The molecule has 3 aromatic rings. The van der Waals surface area contributed by atoms with Crippen LogP contribution in [0.1, 0.15) is 11.1 Å². The number of rotatable bonds is 7. The Labute approximate surface area is 195 Å². The molecule has 0 saturated heterocycles. The Morgan fingerprint density at radius 1 is 1.07 bits per heavy atom. The zero-order valence-electron chi connectivity index (χ0n) is 15.1. The standard InChI is InChI=1S/C20H13BrCl3N3O3/c21-17-7-12(10-25-26-15-3-5-16(6-4-15)27(28)29)8-19(24)20(17)30-11-13-1-2-14(22)9-18(13)23/h1-10,26H,11H2/b25-10+. The van der Waals surface area contributed by atoms with Gasteiger partial charge in [-0.1, -0.05) is 40.9 Å². The fourth-order valence-electron chi connectivity index (χ4n) is 2.42. The van der Waals surface area contributed by atoms with Crippen molar-refractivity contribution in [1.82, 2.24) is 0 Å². The van der Waals surface area contributed by atoms with Crippen molar-refractivity contribution in [1.29, 1.82) is 0 Å². The van der Waals surface area contributed by atoms with E-state index in [9.17, 15) is 10.1 Å². The topological polar surface area (TPSA) is 76.8 Å². The molecule has 0 spiro atoms.